The van der Waals surface area contributed by atoms with Crippen LogP contribution in [0.5, 0.6) is 0 Å². The van der Waals surface area contributed by atoms with E-state index in [4.69, 9.17) is 5.73 Å². The van der Waals surface area contributed by atoms with E-state index in [1.165, 1.54) is 24.2 Å². The molecule has 0 bridgehead atoms. The van der Waals surface area contributed by atoms with Crippen LogP contribution in [0.25, 0.3) is 0 Å². The first-order chi connectivity index (χ1) is 9.69. The van der Waals surface area contributed by atoms with Crippen LogP contribution in [0, 0.1) is 5.41 Å². The highest BCUT2D eigenvalue weighted by molar-refractivity contribution is 7.09. The van der Waals surface area contributed by atoms with Gasteiger partial charge in [0.2, 0.25) is 0 Å². The molecule has 0 aromatic carbocycles. The highest BCUT2D eigenvalue weighted by Gasteiger charge is 2.33. The number of aliphatic hydroxyl groups is 1. The van der Waals surface area contributed by atoms with E-state index in [-0.39, 0.29) is 30.3 Å². The Morgan fingerprint density at radius 2 is 2.19 bits per heavy atom. The number of nitrogens with two attached hydrogens (primary N) is 1. The zero-order valence-corrected chi connectivity index (χ0v) is 13.8. The van der Waals surface area contributed by atoms with E-state index in [0.717, 1.165) is 24.3 Å². The van der Waals surface area contributed by atoms with Crippen LogP contribution in [0.4, 0.5) is 0 Å². The van der Waals surface area contributed by atoms with Gasteiger partial charge in [-0.15, -0.1) is 23.7 Å². The molecule has 1 amide bonds. The fourth-order valence-electron chi connectivity index (χ4n) is 2.89. The first-order valence-electron chi connectivity index (χ1n) is 7.23. The van der Waals surface area contributed by atoms with E-state index in [2.05, 4.69) is 10.3 Å². The number of nitrogens with zero attached hydrogens (tertiary/aromatic N) is 1. The highest BCUT2D eigenvalue weighted by atomic mass is 35.5. The van der Waals surface area contributed by atoms with Crippen molar-refractivity contribution in [2.75, 3.05) is 19.7 Å². The van der Waals surface area contributed by atoms with E-state index in [0.29, 0.717) is 25.2 Å². The topological polar surface area (TPSA) is 88.2 Å². The lowest BCUT2D eigenvalue weighted by Gasteiger charge is -2.28. The third kappa shape index (κ3) is 4.92. The van der Waals surface area contributed by atoms with E-state index >= 15 is 0 Å². The van der Waals surface area contributed by atoms with Crippen molar-refractivity contribution in [2.24, 2.45) is 11.1 Å². The fraction of sp³-hybridized carbons (Fsp3) is 0.714. The van der Waals surface area contributed by atoms with Crippen molar-refractivity contribution in [2.45, 2.75) is 38.5 Å². The summed E-state index contributed by atoms with van der Waals surface area (Å²) in [5.74, 6) is -0.117. The Balaban J connectivity index is 0.00000220. The van der Waals surface area contributed by atoms with Crippen molar-refractivity contribution in [1.29, 1.82) is 0 Å². The fourth-order valence-corrected chi connectivity index (χ4v) is 3.68. The summed E-state index contributed by atoms with van der Waals surface area (Å²) in [5, 5.41) is 14.9. The van der Waals surface area contributed by atoms with Crippen molar-refractivity contribution in [3.05, 3.63) is 16.1 Å². The van der Waals surface area contributed by atoms with Crippen molar-refractivity contribution in [1.82, 2.24) is 10.3 Å². The van der Waals surface area contributed by atoms with Gasteiger partial charge in [-0.05, 0) is 31.2 Å². The average Bonchev–Trinajstić information content (AvgIpc) is 3.07. The molecule has 1 aromatic heterocycles. The summed E-state index contributed by atoms with van der Waals surface area (Å²) >= 11 is 1.48. The van der Waals surface area contributed by atoms with Crippen LogP contribution in [0.15, 0.2) is 5.38 Å². The minimum atomic E-state index is -0.117. The van der Waals surface area contributed by atoms with Crippen molar-refractivity contribution in [3.8, 4) is 0 Å². The number of rotatable bonds is 7. The van der Waals surface area contributed by atoms with Gasteiger partial charge in [-0.3, -0.25) is 4.79 Å². The number of hydrogen-bond donors (Lipinski definition) is 3. The summed E-state index contributed by atoms with van der Waals surface area (Å²) in [6.07, 6.45) is 6.03. The Morgan fingerprint density at radius 3 is 2.81 bits per heavy atom. The number of carbonyl (C=O) groups excluding carboxylic acids is 1. The van der Waals surface area contributed by atoms with Gasteiger partial charge in [0.1, 0.15) is 5.69 Å². The number of hydrogen-bond acceptors (Lipinski definition) is 5. The zero-order chi connectivity index (χ0) is 14.4. The third-order valence-corrected chi connectivity index (χ3v) is 4.98. The molecule has 4 N–H and O–H groups in total. The highest BCUT2D eigenvalue weighted by Crippen LogP contribution is 2.40. The van der Waals surface area contributed by atoms with E-state index in [9.17, 15) is 9.90 Å². The summed E-state index contributed by atoms with van der Waals surface area (Å²) in [6, 6.07) is 0. The van der Waals surface area contributed by atoms with E-state index in [1.807, 2.05) is 0 Å². The van der Waals surface area contributed by atoms with Crippen LogP contribution in [-0.4, -0.2) is 35.7 Å². The van der Waals surface area contributed by atoms with Crippen LogP contribution in [-0.2, 0) is 6.42 Å². The van der Waals surface area contributed by atoms with Crippen LogP contribution in [0.2, 0.25) is 0 Å². The molecule has 0 radical (unpaired) electrons. The SMILES string of the molecule is Cl.NCCc1nc(C(=O)NCC2(CCO)CCCC2)cs1. The van der Waals surface area contributed by atoms with Gasteiger partial charge in [-0.25, -0.2) is 4.98 Å². The summed E-state index contributed by atoms with van der Waals surface area (Å²) in [6.45, 7) is 1.37. The smallest absolute Gasteiger partial charge is 0.270 e. The van der Waals surface area contributed by atoms with Crippen LogP contribution >= 0.6 is 23.7 Å². The Morgan fingerprint density at radius 1 is 1.48 bits per heavy atom. The minimum absolute atomic E-state index is 0. The molecule has 0 spiro atoms. The van der Waals surface area contributed by atoms with Crippen LogP contribution < -0.4 is 11.1 Å². The second-order valence-electron chi connectivity index (χ2n) is 5.53. The van der Waals surface area contributed by atoms with Gasteiger partial charge in [0.15, 0.2) is 0 Å². The maximum atomic E-state index is 12.1. The molecule has 7 heteroatoms. The normalized spacial score (nSPS) is 16.5. The first kappa shape index (κ1) is 18.4. The molecule has 1 aliphatic rings. The van der Waals surface area contributed by atoms with Gasteiger partial charge < -0.3 is 16.2 Å². The lowest BCUT2D eigenvalue weighted by atomic mass is 9.83. The Bertz CT molecular complexity index is 447. The molecule has 0 unspecified atom stereocenters. The number of thiazole rings is 1. The standard InChI is InChI=1S/C14H23N3O2S.ClH/c15-7-3-12-17-11(9-20-12)13(19)16-10-14(6-8-18)4-1-2-5-14;/h9,18H,1-8,10,15H2,(H,16,19);1H. The van der Waals surface area contributed by atoms with Gasteiger partial charge in [0, 0.05) is 25.0 Å². The zero-order valence-electron chi connectivity index (χ0n) is 12.1. The van der Waals surface area contributed by atoms with Gasteiger partial charge in [-0.1, -0.05) is 12.8 Å². The summed E-state index contributed by atoms with van der Waals surface area (Å²) in [4.78, 5) is 16.4. The summed E-state index contributed by atoms with van der Waals surface area (Å²) < 4.78 is 0. The van der Waals surface area contributed by atoms with Gasteiger partial charge in [-0.2, -0.15) is 0 Å². The van der Waals surface area contributed by atoms with Gasteiger partial charge >= 0.3 is 0 Å². The molecule has 0 atom stereocenters. The average molecular weight is 334 g/mol. The maximum absolute atomic E-state index is 12.1. The quantitative estimate of drug-likeness (QED) is 0.709. The summed E-state index contributed by atoms with van der Waals surface area (Å²) in [7, 11) is 0. The van der Waals surface area contributed by atoms with Crippen molar-refractivity contribution >= 4 is 29.7 Å². The van der Waals surface area contributed by atoms with E-state index < -0.39 is 0 Å². The molecule has 21 heavy (non-hydrogen) atoms. The van der Waals surface area contributed by atoms with Crippen LogP contribution in [0.3, 0.4) is 0 Å². The molecule has 0 saturated heterocycles. The molecule has 5 nitrogen and oxygen atoms in total. The molecule has 1 fully saturated rings. The molecule has 1 heterocycles. The number of amides is 1. The number of carbonyl (C=O) groups is 1. The van der Waals surface area contributed by atoms with E-state index in [1.54, 1.807) is 5.38 Å². The Hall–Kier alpha value is -0.690. The largest absolute Gasteiger partial charge is 0.396 e. The third-order valence-electron chi connectivity index (χ3n) is 4.07. The number of nitrogens with one attached hydrogen (secondary N) is 1. The lowest BCUT2D eigenvalue weighted by Crippen LogP contribution is -2.36. The number of halogens is 1. The molecule has 120 valence electrons. The summed E-state index contributed by atoms with van der Waals surface area (Å²) in [5.41, 5.74) is 6.05. The Labute approximate surface area is 135 Å². The minimum Gasteiger partial charge on any atom is -0.396 e. The molecular formula is C14H24ClN3O2S. The molecule has 1 aromatic rings. The molecule has 0 aliphatic heterocycles. The number of aliphatic hydroxyl groups excluding tert-OH is 1. The molecule has 2 rings (SSSR count). The van der Waals surface area contributed by atoms with Crippen molar-refractivity contribution in [3.63, 3.8) is 0 Å². The maximum Gasteiger partial charge on any atom is 0.270 e. The monoisotopic (exact) mass is 333 g/mol. The molecule has 1 aliphatic carbocycles. The Kier molecular flexibility index (Phi) is 7.59. The van der Waals surface area contributed by atoms with Gasteiger partial charge in [0.25, 0.3) is 5.91 Å². The molecular weight excluding hydrogens is 310 g/mol. The predicted octanol–water partition coefficient (Wildman–Crippen LogP) is 1.74. The second-order valence-corrected chi connectivity index (χ2v) is 6.47. The van der Waals surface area contributed by atoms with Crippen molar-refractivity contribution < 1.29 is 9.90 Å². The first-order valence-corrected chi connectivity index (χ1v) is 8.11. The predicted molar refractivity (Wildman–Crippen MR) is 87.1 cm³/mol. The lowest BCUT2D eigenvalue weighted by molar-refractivity contribution is 0.0912. The second kappa shape index (κ2) is 8.68. The number of aromatic nitrogens is 1. The van der Waals surface area contributed by atoms with Gasteiger partial charge in [0.05, 0.1) is 5.01 Å². The van der Waals surface area contributed by atoms with Crippen LogP contribution in [0.1, 0.15) is 47.6 Å². The molecule has 1 saturated carbocycles.